The van der Waals surface area contributed by atoms with Gasteiger partial charge in [-0.25, -0.2) is 9.97 Å². The molecule has 0 aliphatic carbocycles. The lowest BCUT2D eigenvalue weighted by Crippen LogP contribution is -2.14. The van der Waals surface area contributed by atoms with E-state index in [1.54, 1.807) is 22.7 Å². The number of benzene rings is 1. The van der Waals surface area contributed by atoms with Crippen LogP contribution in [0.15, 0.2) is 54.7 Å². The number of aromatic nitrogens is 3. The lowest BCUT2D eigenvalue weighted by molar-refractivity contribution is 0.101. The number of pyridine rings is 1. The molecule has 0 aliphatic heterocycles. The number of nitrogens with zero attached hydrogens (tertiary/aromatic N) is 3. The van der Waals surface area contributed by atoms with Crippen LogP contribution in [0, 0.1) is 0 Å². The summed E-state index contributed by atoms with van der Waals surface area (Å²) in [7, 11) is 0. The number of amides is 1. The molecule has 0 spiro atoms. The van der Waals surface area contributed by atoms with E-state index in [-0.39, 0.29) is 16.6 Å². The quantitative estimate of drug-likeness (QED) is 0.513. The molecule has 1 aromatic carbocycles. The summed E-state index contributed by atoms with van der Waals surface area (Å²) in [5.74, 6) is -0.554. The number of hydrogen-bond donors (Lipinski definition) is 1. The molecule has 0 saturated carbocycles. The van der Waals surface area contributed by atoms with Gasteiger partial charge in [-0.3, -0.25) is 19.3 Å². The van der Waals surface area contributed by atoms with Gasteiger partial charge in [-0.2, -0.15) is 0 Å². The summed E-state index contributed by atoms with van der Waals surface area (Å²) < 4.78 is 1.61. The standard InChI is InChI=1S/C19H13ClN4O2S/c1-11(25)16-14(12-7-3-2-4-8-12)22-19(27-16)23-18(26)15-17(20)21-13-9-5-6-10-24(13)15/h2-10H,1H3,(H,22,23,26). The Hall–Kier alpha value is -3.03. The first kappa shape index (κ1) is 17.4. The highest BCUT2D eigenvalue weighted by atomic mass is 35.5. The fourth-order valence-electron chi connectivity index (χ4n) is 2.73. The number of ketones is 1. The average molecular weight is 397 g/mol. The van der Waals surface area contributed by atoms with Crippen LogP contribution in [0.5, 0.6) is 0 Å². The number of imidazole rings is 1. The Morgan fingerprint density at radius 1 is 1.07 bits per heavy atom. The first-order chi connectivity index (χ1) is 13.0. The van der Waals surface area contributed by atoms with E-state index in [1.807, 2.05) is 36.4 Å². The summed E-state index contributed by atoms with van der Waals surface area (Å²) in [5.41, 5.74) is 2.15. The fraction of sp³-hybridized carbons (Fsp3) is 0.0526. The number of carbonyl (C=O) groups excluding carboxylic acids is 2. The molecule has 0 fully saturated rings. The predicted octanol–water partition coefficient (Wildman–Crippen LogP) is 4.57. The highest BCUT2D eigenvalue weighted by Gasteiger charge is 2.22. The SMILES string of the molecule is CC(=O)c1sc(NC(=O)c2c(Cl)nc3ccccn23)nc1-c1ccccc1. The normalized spacial score (nSPS) is 10.9. The van der Waals surface area contributed by atoms with E-state index in [9.17, 15) is 9.59 Å². The lowest BCUT2D eigenvalue weighted by atomic mass is 10.1. The molecule has 0 aliphatic rings. The minimum absolute atomic E-state index is 0.102. The Morgan fingerprint density at radius 3 is 2.56 bits per heavy atom. The lowest BCUT2D eigenvalue weighted by Gasteiger charge is -2.02. The number of halogens is 1. The van der Waals surface area contributed by atoms with Gasteiger partial charge in [0, 0.05) is 18.7 Å². The van der Waals surface area contributed by atoms with Crippen molar-refractivity contribution in [3.8, 4) is 11.3 Å². The van der Waals surface area contributed by atoms with Crippen LogP contribution in [0.25, 0.3) is 16.9 Å². The van der Waals surface area contributed by atoms with Crippen LogP contribution in [0.4, 0.5) is 5.13 Å². The summed E-state index contributed by atoms with van der Waals surface area (Å²) in [5, 5.41) is 3.16. The molecule has 8 heteroatoms. The fourth-order valence-corrected chi connectivity index (χ4v) is 3.87. The molecule has 3 heterocycles. The molecular formula is C19H13ClN4O2S. The van der Waals surface area contributed by atoms with E-state index in [0.717, 1.165) is 16.9 Å². The van der Waals surface area contributed by atoms with Crippen LogP contribution in [0.3, 0.4) is 0 Å². The van der Waals surface area contributed by atoms with Crippen molar-refractivity contribution in [3.63, 3.8) is 0 Å². The Kier molecular flexibility index (Phi) is 4.47. The minimum atomic E-state index is -0.442. The van der Waals surface area contributed by atoms with Crippen molar-refractivity contribution < 1.29 is 9.59 Å². The summed E-state index contributed by atoms with van der Waals surface area (Å²) in [6.07, 6.45) is 1.71. The number of carbonyl (C=O) groups is 2. The third-order valence-corrected chi connectivity index (χ3v) is 5.25. The van der Waals surface area contributed by atoms with E-state index < -0.39 is 5.91 Å². The van der Waals surface area contributed by atoms with Crippen LogP contribution >= 0.6 is 22.9 Å². The van der Waals surface area contributed by atoms with Crippen molar-refractivity contribution in [1.29, 1.82) is 0 Å². The minimum Gasteiger partial charge on any atom is -0.296 e. The summed E-state index contributed by atoms with van der Waals surface area (Å²) in [4.78, 5) is 33.9. The van der Waals surface area contributed by atoms with Crippen LogP contribution in [-0.4, -0.2) is 26.1 Å². The van der Waals surface area contributed by atoms with Gasteiger partial charge in [-0.1, -0.05) is 59.3 Å². The Bertz CT molecular complexity index is 1170. The van der Waals surface area contributed by atoms with Gasteiger partial charge in [0.15, 0.2) is 21.8 Å². The molecule has 0 unspecified atom stereocenters. The monoisotopic (exact) mass is 396 g/mol. The number of rotatable bonds is 4. The third kappa shape index (κ3) is 3.22. The number of anilines is 1. The Balaban J connectivity index is 1.71. The molecule has 1 N–H and O–H groups in total. The Morgan fingerprint density at radius 2 is 1.81 bits per heavy atom. The maximum atomic E-state index is 12.8. The van der Waals surface area contributed by atoms with Crippen molar-refractivity contribution in [2.24, 2.45) is 0 Å². The number of hydrogen-bond acceptors (Lipinski definition) is 5. The zero-order valence-corrected chi connectivity index (χ0v) is 15.7. The zero-order valence-electron chi connectivity index (χ0n) is 14.1. The van der Waals surface area contributed by atoms with Gasteiger partial charge in [-0.05, 0) is 12.1 Å². The van der Waals surface area contributed by atoms with E-state index in [2.05, 4.69) is 15.3 Å². The second-order valence-electron chi connectivity index (χ2n) is 5.75. The van der Waals surface area contributed by atoms with E-state index in [0.29, 0.717) is 21.3 Å². The molecule has 4 rings (SSSR count). The van der Waals surface area contributed by atoms with Gasteiger partial charge in [-0.15, -0.1) is 0 Å². The molecular weight excluding hydrogens is 384 g/mol. The molecule has 4 aromatic rings. The van der Waals surface area contributed by atoms with Gasteiger partial charge in [0.1, 0.15) is 5.65 Å². The first-order valence-electron chi connectivity index (χ1n) is 8.05. The largest absolute Gasteiger partial charge is 0.296 e. The molecule has 3 aromatic heterocycles. The maximum absolute atomic E-state index is 12.8. The van der Waals surface area contributed by atoms with Crippen molar-refractivity contribution >= 4 is 45.4 Å². The number of fused-ring (bicyclic) bond motifs is 1. The zero-order chi connectivity index (χ0) is 19.0. The van der Waals surface area contributed by atoms with Crippen molar-refractivity contribution in [1.82, 2.24) is 14.4 Å². The van der Waals surface area contributed by atoms with Crippen LogP contribution in [-0.2, 0) is 0 Å². The van der Waals surface area contributed by atoms with Gasteiger partial charge < -0.3 is 0 Å². The number of thiazole rings is 1. The molecule has 0 atom stereocenters. The van der Waals surface area contributed by atoms with Crippen molar-refractivity contribution in [3.05, 3.63) is 70.5 Å². The molecule has 0 radical (unpaired) electrons. The predicted molar refractivity (Wildman–Crippen MR) is 106 cm³/mol. The van der Waals surface area contributed by atoms with Gasteiger partial charge >= 0.3 is 0 Å². The second-order valence-corrected chi connectivity index (χ2v) is 7.11. The molecule has 0 bridgehead atoms. The third-order valence-electron chi connectivity index (χ3n) is 3.92. The van der Waals surface area contributed by atoms with Crippen LogP contribution in [0.2, 0.25) is 5.15 Å². The van der Waals surface area contributed by atoms with E-state index in [4.69, 9.17) is 11.6 Å². The maximum Gasteiger partial charge on any atom is 0.277 e. The molecule has 27 heavy (non-hydrogen) atoms. The Labute approximate surface area is 163 Å². The number of Topliss-reactive ketones (excluding diaryl/α,β-unsaturated/α-hetero) is 1. The summed E-state index contributed by atoms with van der Waals surface area (Å²) >= 11 is 7.28. The molecule has 0 saturated heterocycles. The topological polar surface area (TPSA) is 76.4 Å². The number of nitrogens with one attached hydrogen (secondary N) is 1. The van der Waals surface area contributed by atoms with Gasteiger partial charge in [0.25, 0.3) is 5.91 Å². The van der Waals surface area contributed by atoms with Crippen molar-refractivity contribution in [2.75, 3.05) is 5.32 Å². The van der Waals surface area contributed by atoms with E-state index >= 15 is 0 Å². The average Bonchev–Trinajstić information content (AvgIpc) is 3.22. The van der Waals surface area contributed by atoms with Crippen LogP contribution < -0.4 is 5.32 Å². The highest BCUT2D eigenvalue weighted by Crippen LogP contribution is 2.32. The molecule has 1 amide bonds. The smallest absolute Gasteiger partial charge is 0.277 e. The van der Waals surface area contributed by atoms with Gasteiger partial charge in [0.2, 0.25) is 0 Å². The first-order valence-corrected chi connectivity index (χ1v) is 9.25. The van der Waals surface area contributed by atoms with Gasteiger partial charge in [0.05, 0.1) is 10.6 Å². The summed E-state index contributed by atoms with van der Waals surface area (Å²) in [6, 6.07) is 14.7. The second kappa shape index (κ2) is 6.94. The van der Waals surface area contributed by atoms with Crippen molar-refractivity contribution in [2.45, 2.75) is 6.92 Å². The molecule has 134 valence electrons. The highest BCUT2D eigenvalue weighted by molar-refractivity contribution is 7.18. The molecule has 6 nitrogen and oxygen atoms in total. The van der Waals surface area contributed by atoms with E-state index in [1.165, 1.54) is 6.92 Å². The summed E-state index contributed by atoms with van der Waals surface area (Å²) in [6.45, 7) is 1.48. The van der Waals surface area contributed by atoms with Crippen LogP contribution in [0.1, 0.15) is 27.1 Å².